The quantitative estimate of drug-likeness (QED) is 0.778. The van der Waals surface area contributed by atoms with E-state index in [1.807, 2.05) is 48.5 Å². The van der Waals surface area contributed by atoms with Gasteiger partial charge in [-0.25, -0.2) is 4.98 Å². The Morgan fingerprint density at radius 3 is 2.55 bits per heavy atom. The molecule has 0 aliphatic carbocycles. The summed E-state index contributed by atoms with van der Waals surface area (Å²) in [7, 11) is 0. The summed E-state index contributed by atoms with van der Waals surface area (Å²) in [6.07, 6.45) is 3.65. The topological polar surface area (TPSA) is 45.8 Å². The first-order valence-corrected chi connectivity index (χ1v) is 6.53. The first-order chi connectivity index (χ1) is 9.72. The van der Waals surface area contributed by atoms with Crippen LogP contribution in [0, 0.1) is 0 Å². The highest BCUT2D eigenvalue weighted by Crippen LogP contribution is 2.12. The number of nitrogens with one attached hydrogen (secondary N) is 1. The lowest BCUT2D eigenvalue weighted by atomic mass is 10.2. The number of para-hydroxylation sites is 1. The number of nitrogens with zero attached hydrogens (tertiary/aromatic N) is 1. The predicted molar refractivity (Wildman–Crippen MR) is 82.7 cm³/mol. The number of fused-ring (bicyclic) bond motifs is 1. The van der Waals surface area contributed by atoms with Crippen molar-refractivity contribution in [1.29, 1.82) is 0 Å². The molecule has 2 aromatic carbocycles. The molecule has 0 aliphatic heterocycles. The van der Waals surface area contributed by atoms with Crippen LogP contribution in [-0.2, 0) is 0 Å². The van der Waals surface area contributed by atoms with E-state index in [-0.39, 0.29) is 5.56 Å². The van der Waals surface area contributed by atoms with Gasteiger partial charge in [0.2, 0.25) is 0 Å². The van der Waals surface area contributed by atoms with Gasteiger partial charge in [-0.3, -0.25) is 4.79 Å². The largest absolute Gasteiger partial charge is 0.306 e. The normalized spacial score (nSPS) is 11.2. The maximum atomic E-state index is 11.9. The Balaban J connectivity index is 1.98. The Bertz CT molecular complexity index is 835. The first-order valence-electron chi connectivity index (χ1n) is 6.15. The van der Waals surface area contributed by atoms with E-state index in [9.17, 15) is 4.79 Å². The van der Waals surface area contributed by atoms with E-state index in [0.717, 1.165) is 5.56 Å². The van der Waals surface area contributed by atoms with Gasteiger partial charge in [0.25, 0.3) is 5.56 Å². The Morgan fingerprint density at radius 2 is 1.75 bits per heavy atom. The standard InChI is InChI=1S/C16H11ClN2O/c17-12-8-5-11(6-9-12)7-10-15-18-14-4-2-1-3-13(14)16(20)19-15/h1-10H,(H,18,19,20)/b10-7+. The van der Waals surface area contributed by atoms with E-state index in [1.54, 1.807) is 12.1 Å². The van der Waals surface area contributed by atoms with Gasteiger partial charge in [-0.2, -0.15) is 0 Å². The van der Waals surface area contributed by atoms with E-state index in [0.29, 0.717) is 21.7 Å². The van der Waals surface area contributed by atoms with Crippen LogP contribution in [0.25, 0.3) is 23.1 Å². The SMILES string of the molecule is O=c1[nH]c(/C=C/c2ccc(Cl)cc2)nc2ccccc12. The van der Waals surface area contributed by atoms with Gasteiger partial charge < -0.3 is 4.98 Å². The third-order valence-electron chi connectivity index (χ3n) is 2.93. The molecule has 1 N–H and O–H groups in total. The lowest BCUT2D eigenvalue weighted by Gasteiger charge is -1.98. The smallest absolute Gasteiger partial charge is 0.259 e. The van der Waals surface area contributed by atoms with Crippen LogP contribution in [0.3, 0.4) is 0 Å². The van der Waals surface area contributed by atoms with E-state index in [2.05, 4.69) is 9.97 Å². The number of hydrogen-bond acceptors (Lipinski definition) is 2. The van der Waals surface area contributed by atoms with Gasteiger partial charge in [-0.1, -0.05) is 41.9 Å². The molecule has 0 spiro atoms. The zero-order valence-corrected chi connectivity index (χ0v) is 11.3. The van der Waals surface area contributed by atoms with Crippen LogP contribution in [0.5, 0.6) is 0 Å². The second-order valence-electron chi connectivity index (χ2n) is 4.35. The van der Waals surface area contributed by atoms with Crippen LogP contribution in [0.1, 0.15) is 11.4 Å². The van der Waals surface area contributed by atoms with E-state index >= 15 is 0 Å². The highest BCUT2D eigenvalue weighted by molar-refractivity contribution is 6.30. The van der Waals surface area contributed by atoms with Gasteiger partial charge in [0, 0.05) is 5.02 Å². The average Bonchev–Trinajstić information content (AvgIpc) is 2.47. The molecule has 4 heteroatoms. The molecule has 0 amide bonds. The summed E-state index contributed by atoms with van der Waals surface area (Å²) < 4.78 is 0. The summed E-state index contributed by atoms with van der Waals surface area (Å²) in [4.78, 5) is 19.1. The minimum atomic E-state index is -0.133. The van der Waals surface area contributed by atoms with Crippen molar-refractivity contribution in [1.82, 2.24) is 9.97 Å². The fourth-order valence-electron chi connectivity index (χ4n) is 1.93. The molecule has 0 atom stereocenters. The molecule has 3 aromatic rings. The minimum absolute atomic E-state index is 0.133. The van der Waals surface area contributed by atoms with Crippen molar-refractivity contribution in [2.45, 2.75) is 0 Å². The zero-order valence-electron chi connectivity index (χ0n) is 10.5. The second-order valence-corrected chi connectivity index (χ2v) is 4.79. The predicted octanol–water partition coefficient (Wildman–Crippen LogP) is 3.75. The summed E-state index contributed by atoms with van der Waals surface area (Å²) in [5, 5.41) is 1.29. The van der Waals surface area contributed by atoms with Gasteiger partial charge in [0.15, 0.2) is 0 Å². The van der Waals surface area contributed by atoms with Crippen LogP contribution in [0.2, 0.25) is 5.02 Å². The Kier molecular flexibility index (Phi) is 3.35. The van der Waals surface area contributed by atoms with Crippen LogP contribution in [0.15, 0.2) is 53.3 Å². The highest BCUT2D eigenvalue weighted by Gasteiger charge is 2.00. The molecule has 0 saturated carbocycles. The zero-order chi connectivity index (χ0) is 13.9. The summed E-state index contributed by atoms with van der Waals surface area (Å²) in [6, 6.07) is 14.7. The van der Waals surface area contributed by atoms with Crippen molar-refractivity contribution in [3.63, 3.8) is 0 Å². The lowest BCUT2D eigenvalue weighted by Crippen LogP contribution is -2.09. The third-order valence-corrected chi connectivity index (χ3v) is 3.19. The maximum Gasteiger partial charge on any atom is 0.259 e. The number of rotatable bonds is 2. The van der Waals surface area contributed by atoms with Gasteiger partial charge in [-0.15, -0.1) is 0 Å². The minimum Gasteiger partial charge on any atom is -0.306 e. The number of benzene rings is 2. The molecule has 0 bridgehead atoms. The van der Waals surface area contributed by atoms with E-state index in [1.165, 1.54) is 0 Å². The number of halogens is 1. The maximum absolute atomic E-state index is 11.9. The van der Waals surface area contributed by atoms with Crippen LogP contribution in [-0.4, -0.2) is 9.97 Å². The first kappa shape index (κ1) is 12.6. The summed E-state index contributed by atoms with van der Waals surface area (Å²) in [5.74, 6) is 0.531. The van der Waals surface area contributed by atoms with Crippen LogP contribution in [0.4, 0.5) is 0 Å². The molecule has 1 aromatic heterocycles. The lowest BCUT2D eigenvalue weighted by molar-refractivity contribution is 1.14. The molecule has 0 fully saturated rings. The summed E-state index contributed by atoms with van der Waals surface area (Å²) >= 11 is 5.83. The monoisotopic (exact) mass is 282 g/mol. The molecule has 98 valence electrons. The van der Waals surface area contributed by atoms with Crippen molar-refractivity contribution < 1.29 is 0 Å². The summed E-state index contributed by atoms with van der Waals surface area (Å²) in [6.45, 7) is 0. The average molecular weight is 283 g/mol. The molecule has 20 heavy (non-hydrogen) atoms. The molecular weight excluding hydrogens is 272 g/mol. The van der Waals surface area contributed by atoms with Crippen LogP contribution >= 0.6 is 11.6 Å². The molecule has 0 saturated heterocycles. The molecule has 0 radical (unpaired) electrons. The Hall–Kier alpha value is -2.39. The molecule has 3 nitrogen and oxygen atoms in total. The van der Waals surface area contributed by atoms with Crippen molar-refractivity contribution in [2.75, 3.05) is 0 Å². The molecular formula is C16H11ClN2O. The van der Waals surface area contributed by atoms with E-state index in [4.69, 9.17) is 11.6 Å². The van der Waals surface area contributed by atoms with Crippen molar-refractivity contribution in [3.05, 3.63) is 75.3 Å². The number of aromatic nitrogens is 2. The fraction of sp³-hybridized carbons (Fsp3) is 0. The van der Waals surface area contributed by atoms with Gasteiger partial charge >= 0.3 is 0 Å². The highest BCUT2D eigenvalue weighted by atomic mass is 35.5. The number of H-pyrrole nitrogens is 1. The van der Waals surface area contributed by atoms with Gasteiger partial charge in [-0.05, 0) is 35.9 Å². The van der Waals surface area contributed by atoms with E-state index < -0.39 is 0 Å². The molecule has 3 rings (SSSR count). The second kappa shape index (κ2) is 5.31. The summed E-state index contributed by atoms with van der Waals surface area (Å²) in [5.41, 5.74) is 1.54. The third kappa shape index (κ3) is 2.63. The molecule has 0 aliphatic rings. The number of hydrogen-bond donors (Lipinski definition) is 1. The van der Waals surface area contributed by atoms with Crippen molar-refractivity contribution in [2.24, 2.45) is 0 Å². The van der Waals surface area contributed by atoms with Gasteiger partial charge in [0.05, 0.1) is 10.9 Å². The fourth-order valence-corrected chi connectivity index (χ4v) is 2.06. The number of aromatic amines is 1. The Labute approximate surface area is 120 Å². The van der Waals surface area contributed by atoms with Crippen molar-refractivity contribution in [3.8, 4) is 0 Å². The Morgan fingerprint density at radius 1 is 1.00 bits per heavy atom. The molecule has 0 unspecified atom stereocenters. The van der Waals surface area contributed by atoms with Crippen molar-refractivity contribution >= 4 is 34.7 Å². The van der Waals surface area contributed by atoms with Crippen LogP contribution < -0.4 is 5.56 Å². The van der Waals surface area contributed by atoms with Gasteiger partial charge in [0.1, 0.15) is 5.82 Å². The molecule has 1 heterocycles.